The van der Waals surface area contributed by atoms with Crippen molar-refractivity contribution >= 4 is 22.6 Å². The Labute approximate surface area is 99.4 Å². The molecule has 0 radical (unpaired) electrons. The predicted octanol–water partition coefficient (Wildman–Crippen LogP) is 2.93. The van der Waals surface area contributed by atoms with Crippen molar-refractivity contribution in [2.45, 2.75) is 25.2 Å². The lowest BCUT2D eigenvalue weighted by Crippen LogP contribution is -2.37. The Balaban J connectivity index is 2.23. The van der Waals surface area contributed by atoms with Gasteiger partial charge in [0, 0.05) is 3.57 Å². The second kappa shape index (κ2) is 4.19. The zero-order chi connectivity index (χ0) is 10.0. The maximum atomic E-state index is 3.42. The van der Waals surface area contributed by atoms with Gasteiger partial charge in [-0.1, -0.05) is 19.1 Å². The molecular weight excluding hydrogens is 285 g/mol. The average Bonchev–Trinajstić information content (AvgIpc) is 2.19. The quantitative estimate of drug-likeness (QED) is 0.787. The van der Waals surface area contributed by atoms with E-state index in [0.717, 1.165) is 13.1 Å². The van der Waals surface area contributed by atoms with Gasteiger partial charge in [-0.25, -0.2) is 0 Å². The van der Waals surface area contributed by atoms with Crippen molar-refractivity contribution in [3.05, 3.63) is 33.4 Å². The summed E-state index contributed by atoms with van der Waals surface area (Å²) < 4.78 is 1.32. The normalized spacial score (nSPS) is 20.7. The summed E-state index contributed by atoms with van der Waals surface area (Å²) in [6.45, 7) is 4.70. The molecule has 1 aromatic carbocycles. The monoisotopic (exact) mass is 301 g/mol. The highest BCUT2D eigenvalue weighted by atomic mass is 127. The lowest BCUT2D eigenvalue weighted by molar-refractivity contribution is 0.335. The Kier molecular flexibility index (Phi) is 3.12. The Hall–Kier alpha value is -0.0900. The lowest BCUT2D eigenvalue weighted by Gasteiger charge is -2.34. The summed E-state index contributed by atoms with van der Waals surface area (Å²) >= 11 is 2.36. The van der Waals surface area contributed by atoms with Crippen LogP contribution < -0.4 is 5.32 Å². The molecule has 0 spiro atoms. The molecule has 76 valence electrons. The van der Waals surface area contributed by atoms with Crippen molar-refractivity contribution in [2.75, 3.05) is 13.1 Å². The first-order valence-electron chi connectivity index (χ1n) is 5.17. The van der Waals surface area contributed by atoms with Gasteiger partial charge < -0.3 is 5.32 Å². The number of halogens is 1. The minimum Gasteiger partial charge on any atom is -0.317 e. The Morgan fingerprint density at radius 2 is 1.71 bits per heavy atom. The molecule has 1 aromatic rings. The molecular formula is C12H16IN. The molecule has 0 atom stereocenters. The van der Waals surface area contributed by atoms with Crippen LogP contribution in [0.5, 0.6) is 0 Å². The van der Waals surface area contributed by atoms with Crippen LogP contribution in [0.15, 0.2) is 24.3 Å². The highest BCUT2D eigenvalue weighted by molar-refractivity contribution is 14.1. The fourth-order valence-electron chi connectivity index (χ4n) is 2.12. The standard InChI is InChI=1S/C12H16IN/c1-12(6-8-14-9-7-12)10-2-4-11(13)5-3-10/h2-5,14H,6-9H2,1H3. The van der Waals surface area contributed by atoms with Gasteiger partial charge in [-0.05, 0) is 71.6 Å². The van der Waals surface area contributed by atoms with Crippen molar-refractivity contribution < 1.29 is 0 Å². The highest BCUT2D eigenvalue weighted by Crippen LogP contribution is 2.32. The molecule has 1 heterocycles. The van der Waals surface area contributed by atoms with Crippen LogP contribution in [-0.4, -0.2) is 13.1 Å². The first-order chi connectivity index (χ1) is 6.71. The van der Waals surface area contributed by atoms with Crippen molar-refractivity contribution in [1.29, 1.82) is 0 Å². The van der Waals surface area contributed by atoms with E-state index in [-0.39, 0.29) is 0 Å². The van der Waals surface area contributed by atoms with E-state index in [1.165, 1.54) is 22.0 Å². The van der Waals surface area contributed by atoms with Crippen LogP contribution >= 0.6 is 22.6 Å². The summed E-state index contributed by atoms with van der Waals surface area (Å²) in [4.78, 5) is 0. The fourth-order valence-corrected chi connectivity index (χ4v) is 2.48. The van der Waals surface area contributed by atoms with E-state index in [1.54, 1.807) is 0 Å². The second-order valence-electron chi connectivity index (χ2n) is 4.32. The Morgan fingerprint density at radius 3 is 2.29 bits per heavy atom. The second-order valence-corrected chi connectivity index (χ2v) is 5.56. The molecule has 0 unspecified atom stereocenters. The van der Waals surface area contributed by atoms with Crippen LogP contribution in [0, 0.1) is 3.57 Å². The van der Waals surface area contributed by atoms with E-state index in [9.17, 15) is 0 Å². The maximum Gasteiger partial charge on any atom is 0.0130 e. The fraction of sp³-hybridized carbons (Fsp3) is 0.500. The number of piperidine rings is 1. The van der Waals surface area contributed by atoms with Gasteiger partial charge in [0.25, 0.3) is 0 Å². The molecule has 1 nitrogen and oxygen atoms in total. The predicted molar refractivity (Wildman–Crippen MR) is 68.6 cm³/mol. The molecule has 1 N–H and O–H groups in total. The summed E-state index contributed by atoms with van der Waals surface area (Å²) in [5, 5.41) is 3.42. The largest absolute Gasteiger partial charge is 0.317 e. The molecule has 2 heteroatoms. The number of hydrogen-bond donors (Lipinski definition) is 1. The summed E-state index contributed by atoms with van der Waals surface area (Å²) in [5.41, 5.74) is 1.90. The van der Waals surface area contributed by atoms with Gasteiger partial charge in [0.15, 0.2) is 0 Å². The van der Waals surface area contributed by atoms with Crippen LogP contribution in [0.4, 0.5) is 0 Å². The van der Waals surface area contributed by atoms with Crippen molar-refractivity contribution in [3.63, 3.8) is 0 Å². The molecule has 2 rings (SSSR count). The third kappa shape index (κ3) is 2.11. The minimum absolute atomic E-state index is 0.398. The molecule has 0 aliphatic carbocycles. The average molecular weight is 301 g/mol. The van der Waals surface area contributed by atoms with E-state index in [2.05, 4.69) is 59.1 Å². The minimum atomic E-state index is 0.398. The molecule has 1 saturated heterocycles. The summed E-state index contributed by atoms with van der Waals surface area (Å²) in [6.07, 6.45) is 2.52. The molecule has 14 heavy (non-hydrogen) atoms. The van der Waals surface area contributed by atoms with E-state index in [1.807, 2.05) is 0 Å². The van der Waals surface area contributed by atoms with E-state index in [0.29, 0.717) is 5.41 Å². The van der Waals surface area contributed by atoms with Crippen LogP contribution in [0.3, 0.4) is 0 Å². The zero-order valence-electron chi connectivity index (χ0n) is 8.52. The van der Waals surface area contributed by atoms with Gasteiger partial charge >= 0.3 is 0 Å². The first kappa shape index (κ1) is 10.4. The number of hydrogen-bond acceptors (Lipinski definition) is 1. The lowest BCUT2D eigenvalue weighted by atomic mass is 9.75. The molecule has 0 saturated carbocycles. The first-order valence-corrected chi connectivity index (χ1v) is 6.25. The molecule has 1 aliphatic rings. The van der Waals surface area contributed by atoms with Gasteiger partial charge in [-0.2, -0.15) is 0 Å². The smallest absolute Gasteiger partial charge is 0.0130 e. The van der Waals surface area contributed by atoms with Gasteiger partial charge in [-0.15, -0.1) is 0 Å². The van der Waals surface area contributed by atoms with E-state index < -0.39 is 0 Å². The van der Waals surface area contributed by atoms with Gasteiger partial charge in [0.05, 0.1) is 0 Å². The molecule has 1 aliphatic heterocycles. The Morgan fingerprint density at radius 1 is 1.14 bits per heavy atom. The SMILES string of the molecule is CC1(c2ccc(I)cc2)CCNCC1. The molecule has 0 aromatic heterocycles. The van der Waals surface area contributed by atoms with Gasteiger partial charge in [0.2, 0.25) is 0 Å². The van der Waals surface area contributed by atoms with Crippen molar-refractivity contribution in [2.24, 2.45) is 0 Å². The maximum absolute atomic E-state index is 3.42. The van der Waals surface area contributed by atoms with Crippen LogP contribution in [0.1, 0.15) is 25.3 Å². The topological polar surface area (TPSA) is 12.0 Å². The number of nitrogens with one attached hydrogen (secondary N) is 1. The van der Waals surface area contributed by atoms with E-state index >= 15 is 0 Å². The zero-order valence-corrected chi connectivity index (χ0v) is 10.7. The third-order valence-electron chi connectivity index (χ3n) is 3.25. The number of rotatable bonds is 1. The van der Waals surface area contributed by atoms with Crippen LogP contribution in [-0.2, 0) is 5.41 Å². The highest BCUT2D eigenvalue weighted by Gasteiger charge is 2.28. The van der Waals surface area contributed by atoms with Gasteiger partial charge in [0.1, 0.15) is 0 Å². The van der Waals surface area contributed by atoms with Crippen molar-refractivity contribution in [1.82, 2.24) is 5.32 Å². The van der Waals surface area contributed by atoms with Crippen molar-refractivity contribution in [3.8, 4) is 0 Å². The molecule has 1 fully saturated rings. The summed E-state index contributed by atoms with van der Waals surface area (Å²) in [5.74, 6) is 0. The summed E-state index contributed by atoms with van der Waals surface area (Å²) in [7, 11) is 0. The number of benzene rings is 1. The third-order valence-corrected chi connectivity index (χ3v) is 3.97. The molecule has 0 amide bonds. The van der Waals surface area contributed by atoms with Crippen LogP contribution in [0.25, 0.3) is 0 Å². The summed E-state index contributed by atoms with van der Waals surface area (Å²) in [6, 6.07) is 8.99. The Bertz CT molecular complexity index is 299. The van der Waals surface area contributed by atoms with Gasteiger partial charge in [-0.3, -0.25) is 0 Å². The van der Waals surface area contributed by atoms with Crippen LogP contribution in [0.2, 0.25) is 0 Å². The molecule has 0 bridgehead atoms. The van der Waals surface area contributed by atoms with E-state index in [4.69, 9.17) is 0 Å².